The van der Waals surface area contributed by atoms with Crippen molar-refractivity contribution in [3.05, 3.63) is 0 Å². The van der Waals surface area contributed by atoms with E-state index in [1.807, 2.05) is 0 Å². The molecule has 66 valence electrons. The summed E-state index contributed by atoms with van der Waals surface area (Å²) in [4.78, 5) is 9.95. The Morgan fingerprint density at radius 2 is 2.00 bits per heavy atom. The van der Waals surface area contributed by atoms with Crippen LogP contribution in [-0.2, 0) is 0 Å². The Hall–Kier alpha value is -0.940. The summed E-state index contributed by atoms with van der Waals surface area (Å²) in [5.74, 6) is 0. The SMILES string of the molecule is NC(=O)NCCCC(F)(F)F. The van der Waals surface area contributed by atoms with Crippen LogP contribution < -0.4 is 11.1 Å². The first kappa shape index (κ1) is 10.1. The number of rotatable bonds is 3. The summed E-state index contributed by atoms with van der Waals surface area (Å²) >= 11 is 0. The molecule has 0 rings (SSSR count). The van der Waals surface area contributed by atoms with Crippen LogP contribution in [-0.4, -0.2) is 18.8 Å². The summed E-state index contributed by atoms with van der Waals surface area (Å²) in [6.45, 7) is -0.0329. The zero-order valence-corrected chi connectivity index (χ0v) is 5.74. The third-order valence-electron chi connectivity index (χ3n) is 0.936. The number of nitrogens with two attached hydrogens (primary N) is 1. The van der Waals surface area contributed by atoms with E-state index in [0.29, 0.717) is 0 Å². The van der Waals surface area contributed by atoms with Crippen LogP contribution in [0.1, 0.15) is 12.8 Å². The minimum absolute atomic E-state index is 0.0329. The van der Waals surface area contributed by atoms with Gasteiger partial charge in [0.05, 0.1) is 0 Å². The molecule has 0 atom stereocenters. The largest absolute Gasteiger partial charge is 0.389 e. The zero-order valence-electron chi connectivity index (χ0n) is 5.74. The monoisotopic (exact) mass is 170 g/mol. The Kier molecular flexibility index (Phi) is 3.70. The van der Waals surface area contributed by atoms with Crippen molar-refractivity contribution in [1.29, 1.82) is 0 Å². The molecule has 0 aliphatic carbocycles. The lowest BCUT2D eigenvalue weighted by Crippen LogP contribution is -2.30. The summed E-state index contributed by atoms with van der Waals surface area (Å²) in [6, 6.07) is -0.799. The van der Waals surface area contributed by atoms with E-state index in [0.717, 1.165) is 0 Å². The Morgan fingerprint density at radius 3 is 2.36 bits per heavy atom. The molecule has 0 saturated carbocycles. The van der Waals surface area contributed by atoms with Crippen molar-refractivity contribution in [2.24, 2.45) is 5.73 Å². The standard InChI is InChI=1S/C5H9F3N2O/c6-5(7,8)2-1-3-10-4(9)11/h1-3H2,(H3,9,10,11). The molecule has 3 N–H and O–H groups in total. The highest BCUT2D eigenvalue weighted by Gasteiger charge is 2.25. The molecule has 0 bridgehead atoms. The van der Waals surface area contributed by atoms with Gasteiger partial charge in [-0.15, -0.1) is 0 Å². The van der Waals surface area contributed by atoms with Gasteiger partial charge in [-0.05, 0) is 6.42 Å². The van der Waals surface area contributed by atoms with E-state index in [2.05, 4.69) is 11.1 Å². The molecule has 0 fully saturated rings. The van der Waals surface area contributed by atoms with Crippen LogP contribution >= 0.6 is 0 Å². The minimum atomic E-state index is -4.15. The van der Waals surface area contributed by atoms with E-state index < -0.39 is 18.6 Å². The van der Waals surface area contributed by atoms with Crippen LogP contribution in [0.4, 0.5) is 18.0 Å². The predicted octanol–water partition coefficient (Wildman–Crippen LogP) is 0.997. The van der Waals surface area contributed by atoms with Gasteiger partial charge in [0.15, 0.2) is 0 Å². The number of halogens is 3. The van der Waals surface area contributed by atoms with Crippen LogP contribution in [0.15, 0.2) is 0 Å². The average molecular weight is 170 g/mol. The molecule has 0 aromatic heterocycles. The lowest BCUT2D eigenvalue weighted by molar-refractivity contribution is -0.135. The number of urea groups is 1. The molecule has 11 heavy (non-hydrogen) atoms. The number of carbonyl (C=O) groups is 1. The number of amides is 2. The van der Waals surface area contributed by atoms with Crippen LogP contribution in [0.2, 0.25) is 0 Å². The van der Waals surface area contributed by atoms with Crippen molar-refractivity contribution in [3.8, 4) is 0 Å². The van der Waals surface area contributed by atoms with Crippen molar-refractivity contribution in [2.45, 2.75) is 19.0 Å². The van der Waals surface area contributed by atoms with Gasteiger partial charge in [0.1, 0.15) is 0 Å². The molecular weight excluding hydrogens is 161 g/mol. The molecule has 0 radical (unpaired) electrons. The van der Waals surface area contributed by atoms with Crippen LogP contribution in [0.5, 0.6) is 0 Å². The predicted molar refractivity (Wildman–Crippen MR) is 32.9 cm³/mol. The number of nitrogens with one attached hydrogen (secondary N) is 1. The Morgan fingerprint density at radius 1 is 1.45 bits per heavy atom. The Bertz CT molecular complexity index is 134. The number of primary amides is 1. The van der Waals surface area contributed by atoms with Crippen LogP contribution in [0.3, 0.4) is 0 Å². The average Bonchev–Trinajstić information content (AvgIpc) is 1.78. The quantitative estimate of drug-likeness (QED) is 0.610. The van der Waals surface area contributed by atoms with Gasteiger partial charge in [0.2, 0.25) is 0 Å². The van der Waals surface area contributed by atoms with E-state index in [-0.39, 0.29) is 13.0 Å². The molecule has 0 aromatic carbocycles. The fourth-order valence-corrected chi connectivity index (χ4v) is 0.500. The van der Waals surface area contributed by atoms with E-state index >= 15 is 0 Å². The Labute approximate surface area is 61.7 Å². The number of hydrogen-bond acceptors (Lipinski definition) is 1. The smallest absolute Gasteiger partial charge is 0.352 e. The van der Waals surface area contributed by atoms with Gasteiger partial charge in [0, 0.05) is 13.0 Å². The van der Waals surface area contributed by atoms with E-state index in [4.69, 9.17) is 0 Å². The van der Waals surface area contributed by atoms with Gasteiger partial charge in [-0.1, -0.05) is 0 Å². The molecular formula is C5H9F3N2O. The van der Waals surface area contributed by atoms with Crippen molar-refractivity contribution >= 4 is 6.03 Å². The highest BCUT2D eigenvalue weighted by molar-refractivity contribution is 5.71. The first-order valence-electron chi connectivity index (χ1n) is 3.02. The summed E-state index contributed by atoms with van der Waals surface area (Å²) in [6.07, 6.45) is -5.18. The molecule has 0 spiro atoms. The van der Waals surface area contributed by atoms with Crippen LogP contribution in [0, 0.1) is 0 Å². The number of hydrogen-bond donors (Lipinski definition) is 2. The fraction of sp³-hybridized carbons (Fsp3) is 0.800. The van der Waals surface area contributed by atoms with Gasteiger partial charge < -0.3 is 11.1 Å². The molecule has 6 heteroatoms. The number of carbonyl (C=O) groups excluding carboxylic acids is 1. The number of alkyl halides is 3. The maximum Gasteiger partial charge on any atom is 0.389 e. The maximum atomic E-state index is 11.4. The normalized spacial score (nSPS) is 11.2. The highest BCUT2D eigenvalue weighted by Crippen LogP contribution is 2.20. The summed E-state index contributed by atoms with van der Waals surface area (Å²) in [5, 5.41) is 2.06. The lowest BCUT2D eigenvalue weighted by atomic mass is 10.3. The van der Waals surface area contributed by atoms with Gasteiger partial charge in [0.25, 0.3) is 0 Å². The van der Waals surface area contributed by atoms with Crippen LogP contribution in [0.25, 0.3) is 0 Å². The van der Waals surface area contributed by atoms with Gasteiger partial charge in [-0.2, -0.15) is 13.2 Å². The molecule has 0 unspecified atom stereocenters. The summed E-state index contributed by atoms with van der Waals surface area (Å²) < 4.78 is 34.3. The first-order valence-corrected chi connectivity index (χ1v) is 3.02. The van der Waals surface area contributed by atoms with E-state index in [1.165, 1.54) is 0 Å². The minimum Gasteiger partial charge on any atom is -0.352 e. The topological polar surface area (TPSA) is 55.1 Å². The van der Waals surface area contributed by atoms with E-state index in [1.54, 1.807) is 0 Å². The fourth-order valence-electron chi connectivity index (χ4n) is 0.500. The second-order valence-electron chi connectivity index (χ2n) is 2.01. The van der Waals surface area contributed by atoms with Gasteiger partial charge in [-0.25, -0.2) is 4.79 Å². The first-order chi connectivity index (χ1) is 4.92. The van der Waals surface area contributed by atoms with Gasteiger partial charge >= 0.3 is 12.2 Å². The van der Waals surface area contributed by atoms with Crippen molar-refractivity contribution in [3.63, 3.8) is 0 Å². The highest BCUT2D eigenvalue weighted by atomic mass is 19.4. The zero-order chi connectivity index (χ0) is 8.91. The molecule has 0 heterocycles. The van der Waals surface area contributed by atoms with Gasteiger partial charge in [-0.3, -0.25) is 0 Å². The van der Waals surface area contributed by atoms with Crippen molar-refractivity contribution < 1.29 is 18.0 Å². The maximum absolute atomic E-state index is 11.4. The molecule has 0 aliphatic rings. The van der Waals surface area contributed by atoms with Crippen molar-refractivity contribution in [2.75, 3.05) is 6.54 Å². The van der Waals surface area contributed by atoms with E-state index in [9.17, 15) is 18.0 Å². The molecule has 3 nitrogen and oxygen atoms in total. The molecule has 2 amide bonds. The molecule has 0 aromatic rings. The lowest BCUT2D eigenvalue weighted by Gasteiger charge is -2.05. The molecule has 0 saturated heterocycles. The molecule has 0 aliphatic heterocycles. The second-order valence-corrected chi connectivity index (χ2v) is 2.01. The third-order valence-corrected chi connectivity index (χ3v) is 0.936. The van der Waals surface area contributed by atoms with Crippen molar-refractivity contribution in [1.82, 2.24) is 5.32 Å². The third kappa shape index (κ3) is 9.06. The Balaban J connectivity index is 3.22. The second kappa shape index (κ2) is 4.05. The summed E-state index contributed by atoms with van der Waals surface area (Å²) in [5.41, 5.74) is 4.61. The summed E-state index contributed by atoms with van der Waals surface area (Å²) in [7, 11) is 0.